The standard InChI is InChI=1S/C3H11NO3Si/c4-2-1-3-8(5,6)7/h5-7H,1-4H2/p+1. The van der Waals surface area contributed by atoms with Crippen LogP contribution in [0.4, 0.5) is 0 Å². The fraction of sp³-hybridized carbons (Fsp3) is 1.00. The summed E-state index contributed by atoms with van der Waals surface area (Å²) in [6, 6.07) is 0.156. The third-order valence-electron chi connectivity index (χ3n) is 0.730. The first-order valence-electron chi connectivity index (χ1n) is 2.46. The van der Waals surface area contributed by atoms with E-state index in [-0.39, 0.29) is 6.04 Å². The van der Waals surface area contributed by atoms with Gasteiger partial charge in [0.25, 0.3) is 0 Å². The molecule has 50 valence electrons. The largest absolute Gasteiger partial charge is 0.711 e. The number of hydrogen-bond donors (Lipinski definition) is 3. The number of hydrogen-bond acceptors (Lipinski definition) is 3. The van der Waals surface area contributed by atoms with Gasteiger partial charge in [0, 0.05) is 0 Å². The molecule has 0 aromatic carbocycles. The second-order valence-electron chi connectivity index (χ2n) is 1.71. The predicted octanol–water partition coefficient (Wildman–Crippen LogP) is -2.02. The van der Waals surface area contributed by atoms with E-state index in [1.54, 1.807) is 0 Å². The van der Waals surface area contributed by atoms with Crippen LogP contribution in [0.25, 0.3) is 0 Å². The lowest BCUT2D eigenvalue weighted by Gasteiger charge is -1.98. The van der Waals surface area contributed by atoms with E-state index in [2.05, 4.69) is 0 Å². The minimum Gasteiger partial charge on any atom is -0.499 e. The van der Waals surface area contributed by atoms with Gasteiger partial charge in [0.1, 0.15) is 0 Å². The minimum absolute atomic E-state index is 0.156. The maximum atomic E-state index is 8.45. The van der Waals surface area contributed by atoms with Gasteiger partial charge in [-0.25, -0.2) is 0 Å². The first kappa shape index (κ1) is 8.06. The van der Waals surface area contributed by atoms with Crippen molar-refractivity contribution in [3.05, 3.63) is 0 Å². The molecule has 0 fully saturated rings. The zero-order valence-corrected chi connectivity index (χ0v) is 5.59. The Hall–Kier alpha value is 0.0569. The molecule has 0 spiro atoms. The highest BCUT2D eigenvalue weighted by Crippen LogP contribution is 1.97. The Balaban J connectivity index is 3.11. The maximum absolute atomic E-state index is 8.45. The summed E-state index contributed by atoms with van der Waals surface area (Å²) in [5, 5.41) is 0. The molecule has 5 heteroatoms. The van der Waals surface area contributed by atoms with Gasteiger partial charge < -0.3 is 20.1 Å². The number of nitrogens with two attached hydrogens (primary N) is 1. The van der Waals surface area contributed by atoms with Crippen molar-refractivity contribution in [2.24, 2.45) is 5.73 Å². The summed E-state index contributed by atoms with van der Waals surface area (Å²) in [5.74, 6) is 0. The fourth-order valence-corrected chi connectivity index (χ4v) is 1.05. The van der Waals surface area contributed by atoms with Crippen LogP contribution in [-0.2, 0) is 0 Å². The van der Waals surface area contributed by atoms with Gasteiger partial charge in [-0.2, -0.15) is 0 Å². The third-order valence-corrected chi connectivity index (χ3v) is 1.78. The van der Waals surface area contributed by atoms with Crippen LogP contribution in [0.2, 0.25) is 6.04 Å². The third kappa shape index (κ3) is 6.06. The Kier molecular flexibility index (Phi) is 3.18. The summed E-state index contributed by atoms with van der Waals surface area (Å²) in [7, 11) is -3.51. The van der Waals surface area contributed by atoms with Gasteiger partial charge >= 0.3 is 8.80 Å². The maximum Gasteiger partial charge on any atom is 0.711 e. The van der Waals surface area contributed by atoms with Crippen molar-refractivity contribution in [3.8, 4) is 0 Å². The van der Waals surface area contributed by atoms with Crippen molar-refractivity contribution in [1.82, 2.24) is 0 Å². The average Bonchev–Trinajstić information content (AvgIpc) is 1.59. The highest BCUT2D eigenvalue weighted by Gasteiger charge is 2.37. The molecule has 0 aliphatic rings. The highest BCUT2D eigenvalue weighted by atomic mass is 28.4. The smallest absolute Gasteiger partial charge is 0.499 e. The molecule has 0 unspecified atom stereocenters. The number of rotatable bonds is 3. The molecule has 0 rings (SSSR count). The van der Waals surface area contributed by atoms with Gasteiger partial charge in [0.2, 0.25) is 0 Å². The molecule has 0 aromatic heterocycles. The van der Waals surface area contributed by atoms with E-state index in [4.69, 9.17) is 20.1 Å². The monoisotopic (exact) mass is 138 g/mol. The molecular weight excluding hydrogens is 126 g/mol. The molecule has 8 heavy (non-hydrogen) atoms. The van der Waals surface area contributed by atoms with Crippen LogP contribution in [0, 0.1) is 0 Å². The zero-order chi connectivity index (χ0) is 6.62. The van der Waals surface area contributed by atoms with Gasteiger partial charge in [0.05, 0.1) is 6.04 Å². The molecular formula is C3H12NO3Si+. The minimum atomic E-state index is -3.51. The molecule has 0 atom stereocenters. The quantitative estimate of drug-likeness (QED) is 0.311. The second-order valence-corrected chi connectivity index (χ2v) is 3.84. The first-order chi connectivity index (χ1) is 3.56. The lowest BCUT2D eigenvalue weighted by molar-refractivity contribution is 0.227. The second kappa shape index (κ2) is 3.16. The van der Waals surface area contributed by atoms with Crippen LogP contribution in [0.5, 0.6) is 0 Å². The Bertz CT molecular complexity index is 62.0. The summed E-state index contributed by atoms with van der Waals surface area (Å²) in [6.45, 7) is 0.425. The molecule has 0 aliphatic carbocycles. The van der Waals surface area contributed by atoms with Gasteiger partial charge in [-0.15, -0.1) is 0 Å². The zero-order valence-electron chi connectivity index (χ0n) is 4.59. The molecule has 0 aliphatic heterocycles. The Morgan fingerprint density at radius 3 is 2.12 bits per heavy atom. The Morgan fingerprint density at radius 1 is 1.50 bits per heavy atom. The molecule has 0 heterocycles. The van der Waals surface area contributed by atoms with Crippen molar-refractivity contribution in [2.75, 3.05) is 6.54 Å². The van der Waals surface area contributed by atoms with Crippen molar-refractivity contribution >= 4 is 8.80 Å². The fourth-order valence-electron chi connectivity index (χ4n) is 0.349. The lowest BCUT2D eigenvalue weighted by atomic mass is 10.5. The Morgan fingerprint density at radius 2 is 2.00 bits per heavy atom. The highest BCUT2D eigenvalue weighted by molar-refractivity contribution is 6.56. The molecule has 0 saturated carbocycles. The van der Waals surface area contributed by atoms with E-state index in [1.165, 1.54) is 0 Å². The lowest BCUT2D eigenvalue weighted by Crippen LogP contribution is -2.34. The van der Waals surface area contributed by atoms with Crippen LogP contribution in [-0.4, -0.2) is 29.7 Å². The van der Waals surface area contributed by atoms with Crippen molar-refractivity contribution < 1.29 is 14.4 Å². The molecule has 0 aromatic rings. The summed E-state index contributed by atoms with van der Waals surface area (Å²) < 4.78 is 0. The average molecular weight is 138 g/mol. The van der Waals surface area contributed by atoms with Crippen molar-refractivity contribution in [3.63, 3.8) is 0 Å². The van der Waals surface area contributed by atoms with Crippen LogP contribution in [0.15, 0.2) is 0 Å². The SMILES string of the molecule is NCCC[Si](O)(O)[OH2+]. The first-order valence-corrected chi connectivity index (χ1v) is 4.56. The molecule has 0 saturated heterocycles. The molecule has 0 radical (unpaired) electrons. The van der Waals surface area contributed by atoms with Crippen LogP contribution < -0.4 is 5.73 Å². The van der Waals surface area contributed by atoms with Crippen LogP contribution in [0.1, 0.15) is 6.42 Å². The van der Waals surface area contributed by atoms with Gasteiger partial charge in [-0.3, -0.25) is 0 Å². The topological polar surface area (TPSA) is 89.4 Å². The summed E-state index contributed by atoms with van der Waals surface area (Å²) in [4.78, 5) is 23.5. The molecule has 4 nitrogen and oxygen atoms in total. The van der Waals surface area contributed by atoms with Crippen LogP contribution in [0.3, 0.4) is 0 Å². The van der Waals surface area contributed by atoms with Gasteiger partial charge in [0.15, 0.2) is 0 Å². The van der Waals surface area contributed by atoms with E-state index in [1.807, 2.05) is 0 Å². The summed E-state index contributed by atoms with van der Waals surface area (Å²) >= 11 is 0. The summed E-state index contributed by atoms with van der Waals surface area (Å²) in [6.07, 6.45) is 0.530. The van der Waals surface area contributed by atoms with E-state index in [0.29, 0.717) is 13.0 Å². The van der Waals surface area contributed by atoms with Crippen LogP contribution >= 0.6 is 0 Å². The predicted molar refractivity (Wildman–Crippen MR) is 32.3 cm³/mol. The van der Waals surface area contributed by atoms with Crippen molar-refractivity contribution in [2.45, 2.75) is 12.5 Å². The summed E-state index contributed by atoms with van der Waals surface area (Å²) in [5.41, 5.74) is 5.05. The normalized spacial score (nSPS) is 12.0. The van der Waals surface area contributed by atoms with E-state index < -0.39 is 8.80 Å². The van der Waals surface area contributed by atoms with E-state index in [0.717, 1.165) is 0 Å². The van der Waals surface area contributed by atoms with E-state index in [9.17, 15) is 0 Å². The van der Waals surface area contributed by atoms with Crippen molar-refractivity contribution in [1.29, 1.82) is 0 Å². The molecule has 0 bridgehead atoms. The molecule has 0 amide bonds. The van der Waals surface area contributed by atoms with E-state index >= 15 is 0 Å². The Labute approximate surface area is 48.9 Å². The van der Waals surface area contributed by atoms with Gasteiger partial charge in [-0.1, -0.05) is 0 Å². The molecule has 6 N–H and O–H groups in total. The van der Waals surface area contributed by atoms with Gasteiger partial charge in [-0.05, 0) is 13.0 Å².